The molecule has 0 aromatic heterocycles. The highest BCUT2D eigenvalue weighted by atomic mass is 16.5. The molecule has 1 atom stereocenters. The molecule has 0 aliphatic heterocycles. The lowest BCUT2D eigenvalue weighted by Crippen LogP contribution is -2.40. The van der Waals surface area contributed by atoms with Crippen molar-refractivity contribution in [1.82, 2.24) is 5.32 Å². The van der Waals surface area contributed by atoms with Crippen LogP contribution in [-0.2, 0) is 9.59 Å². The van der Waals surface area contributed by atoms with E-state index in [0.29, 0.717) is 6.42 Å². The van der Waals surface area contributed by atoms with Crippen LogP contribution in [0, 0.1) is 19.8 Å². The predicted molar refractivity (Wildman–Crippen MR) is 87.2 cm³/mol. The lowest BCUT2D eigenvalue weighted by Gasteiger charge is -2.14. The third kappa shape index (κ3) is 7.67. The Kier molecular flexibility index (Phi) is 8.91. The molecule has 5 nitrogen and oxygen atoms in total. The average Bonchev–Trinajstić information content (AvgIpc) is 2.37. The molecule has 1 unspecified atom stereocenters. The lowest BCUT2D eigenvalue weighted by molar-refractivity contribution is -0.142. The Labute approximate surface area is 132 Å². The van der Waals surface area contributed by atoms with Crippen LogP contribution in [0.15, 0.2) is 18.2 Å². The number of carbonyl (C=O) groups excluding carboxylic acids is 1. The van der Waals surface area contributed by atoms with Gasteiger partial charge >= 0.3 is 5.97 Å². The predicted octanol–water partition coefficient (Wildman–Crippen LogP) is 2.93. The number of aryl methyl sites for hydroxylation is 2. The summed E-state index contributed by atoms with van der Waals surface area (Å²) in [4.78, 5) is 21.1. The van der Waals surface area contributed by atoms with Crippen molar-refractivity contribution >= 4 is 11.9 Å². The topological polar surface area (TPSA) is 75.6 Å². The highest BCUT2D eigenvalue weighted by Gasteiger charge is 2.18. The highest BCUT2D eigenvalue weighted by Crippen LogP contribution is 2.20. The zero-order valence-electron chi connectivity index (χ0n) is 14.3. The third-order valence-electron chi connectivity index (χ3n) is 3.00. The van der Waals surface area contributed by atoms with Crippen molar-refractivity contribution in [3.63, 3.8) is 0 Å². The van der Waals surface area contributed by atoms with E-state index < -0.39 is 12.0 Å². The van der Waals surface area contributed by atoms with Gasteiger partial charge in [-0.15, -0.1) is 0 Å². The SMILES string of the molecule is CC(=O)NC(CC(C)C)C(=O)O.COc1c(C)cccc1C. The number of carboxylic acid groups (broad SMARTS) is 1. The van der Waals surface area contributed by atoms with Crippen molar-refractivity contribution in [3.8, 4) is 5.75 Å². The molecule has 1 aromatic carbocycles. The number of rotatable bonds is 5. The van der Waals surface area contributed by atoms with Gasteiger partial charge in [0.2, 0.25) is 5.91 Å². The van der Waals surface area contributed by atoms with Crippen LogP contribution in [0.2, 0.25) is 0 Å². The molecule has 0 aliphatic carbocycles. The minimum atomic E-state index is -0.973. The number of hydrogen-bond donors (Lipinski definition) is 2. The molecule has 1 aromatic rings. The first-order valence-corrected chi connectivity index (χ1v) is 7.29. The number of nitrogens with one attached hydrogen (secondary N) is 1. The third-order valence-corrected chi connectivity index (χ3v) is 3.00. The van der Waals surface area contributed by atoms with Crippen LogP contribution >= 0.6 is 0 Å². The molecule has 0 bridgehead atoms. The Morgan fingerprint density at radius 1 is 1.23 bits per heavy atom. The quantitative estimate of drug-likeness (QED) is 0.877. The molecule has 2 N–H and O–H groups in total. The molecule has 0 aliphatic rings. The van der Waals surface area contributed by atoms with Crippen LogP contribution in [0.3, 0.4) is 0 Å². The van der Waals surface area contributed by atoms with Gasteiger partial charge in [-0.05, 0) is 37.3 Å². The van der Waals surface area contributed by atoms with E-state index in [1.165, 1.54) is 18.1 Å². The number of amides is 1. The maximum absolute atomic E-state index is 10.6. The molecule has 0 heterocycles. The molecule has 0 saturated carbocycles. The van der Waals surface area contributed by atoms with Crippen molar-refractivity contribution in [2.45, 2.75) is 47.1 Å². The summed E-state index contributed by atoms with van der Waals surface area (Å²) >= 11 is 0. The zero-order chi connectivity index (χ0) is 17.3. The summed E-state index contributed by atoms with van der Waals surface area (Å²) in [6.07, 6.45) is 0.467. The fourth-order valence-corrected chi connectivity index (χ4v) is 2.06. The number of hydrogen-bond acceptors (Lipinski definition) is 3. The fraction of sp³-hybridized carbons (Fsp3) is 0.529. The normalized spacial score (nSPS) is 11.2. The fourth-order valence-electron chi connectivity index (χ4n) is 2.06. The molecule has 0 radical (unpaired) electrons. The van der Waals surface area contributed by atoms with Gasteiger partial charge < -0.3 is 15.2 Å². The Morgan fingerprint density at radius 3 is 2.00 bits per heavy atom. The van der Waals surface area contributed by atoms with Crippen LogP contribution in [0.25, 0.3) is 0 Å². The molecule has 22 heavy (non-hydrogen) atoms. The van der Waals surface area contributed by atoms with Crippen molar-refractivity contribution in [3.05, 3.63) is 29.3 Å². The van der Waals surface area contributed by atoms with E-state index in [9.17, 15) is 9.59 Å². The Balaban J connectivity index is 0.000000406. The van der Waals surface area contributed by atoms with Crippen molar-refractivity contribution < 1.29 is 19.4 Å². The molecule has 1 rings (SSSR count). The largest absolute Gasteiger partial charge is 0.496 e. The molecule has 124 valence electrons. The Bertz CT molecular complexity index is 477. The van der Waals surface area contributed by atoms with E-state index in [0.717, 1.165) is 5.75 Å². The van der Waals surface area contributed by atoms with E-state index >= 15 is 0 Å². The van der Waals surface area contributed by atoms with E-state index in [2.05, 4.69) is 5.32 Å². The van der Waals surface area contributed by atoms with Gasteiger partial charge in [0.25, 0.3) is 0 Å². The molecular formula is C17H27NO4. The first-order chi connectivity index (χ1) is 10.2. The van der Waals surface area contributed by atoms with Gasteiger partial charge in [0, 0.05) is 6.92 Å². The van der Waals surface area contributed by atoms with Gasteiger partial charge in [0.15, 0.2) is 0 Å². The lowest BCUT2D eigenvalue weighted by atomic mass is 10.0. The summed E-state index contributed by atoms with van der Waals surface area (Å²) in [5.41, 5.74) is 2.39. The summed E-state index contributed by atoms with van der Waals surface area (Å²) in [5.74, 6) is -0.0117. The maximum atomic E-state index is 10.6. The van der Waals surface area contributed by atoms with Crippen LogP contribution in [0.5, 0.6) is 5.75 Å². The minimum absolute atomic E-state index is 0.262. The molecular weight excluding hydrogens is 282 g/mol. The standard InChI is InChI=1S/C9H12O.C8H15NO3/c1-7-5-4-6-8(2)9(7)10-3;1-5(2)4-7(8(11)12)9-6(3)10/h4-6H,1-3H3;5,7H,4H2,1-3H3,(H,9,10)(H,11,12). The van der Waals surface area contributed by atoms with E-state index in [4.69, 9.17) is 9.84 Å². The second kappa shape index (κ2) is 9.82. The summed E-state index contributed by atoms with van der Waals surface area (Å²) < 4.78 is 5.18. The number of carboxylic acids is 1. The molecule has 0 fully saturated rings. The van der Waals surface area contributed by atoms with Gasteiger partial charge in [-0.1, -0.05) is 32.0 Å². The summed E-state index contributed by atoms with van der Waals surface area (Å²) in [6, 6.07) is 5.38. The van der Waals surface area contributed by atoms with Crippen molar-refractivity contribution in [2.24, 2.45) is 5.92 Å². The highest BCUT2D eigenvalue weighted by molar-refractivity contribution is 5.81. The van der Waals surface area contributed by atoms with Crippen molar-refractivity contribution in [2.75, 3.05) is 7.11 Å². The van der Waals surface area contributed by atoms with Gasteiger partial charge in [-0.25, -0.2) is 4.79 Å². The van der Waals surface area contributed by atoms with E-state index in [1.54, 1.807) is 7.11 Å². The summed E-state index contributed by atoms with van der Waals surface area (Å²) in [6.45, 7) is 9.24. The smallest absolute Gasteiger partial charge is 0.326 e. The number of para-hydroxylation sites is 1. The Morgan fingerprint density at radius 2 is 1.73 bits per heavy atom. The average molecular weight is 309 g/mol. The van der Waals surface area contributed by atoms with E-state index in [1.807, 2.05) is 45.9 Å². The maximum Gasteiger partial charge on any atom is 0.326 e. The second-order valence-electron chi connectivity index (χ2n) is 5.65. The van der Waals surface area contributed by atoms with Gasteiger partial charge in [-0.2, -0.15) is 0 Å². The molecule has 0 spiro atoms. The minimum Gasteiger partial charge on any atom is -0.496 e. The second-order valence-corrected chi connectivity index (χ2v) is 5.65. The monoisotopic (exact) mass is 309 g/mol. The zero-order valence-corrected chi connectivity index (χ0v) is 14.3. The summed E-state index contributed by atoms with van der Waals surface area (Å²) in [7, 11) is 1.70. The van der Waals surface area contributed by atoms with Crippen LogP contribution in [0.4, 0.5) is 0 Å². The number of ether oxygens (including phenoxy) is 1. The van der Waals surface area contributed by atoms with Crippen LogP contribution in [0.1, 0.15) is 38.3 Å². The molecule has 0 saturated heterocycles. The summed E-state index contributed by atoms with van der Waals surface area (Å²) in [5, 5.41) is 11.0. The van der Waals surface area contributed by atoms with Crippen molar-refractivity contribution in [1.29, 1.82) is 0 Å². The molecule has 1 amide bonds. The van der Waals surface area contributed by atoms with Gasteiger partial charge in [0.05, 0.1) is 7.11 Å². The number of methoxy groups -OCH3 is 1. The number of benzene rings is 1. The number of aliphatic carboxylic acids is 1. The first-order valence-electron chi connectivity index (χ1n) is 7.29. The number of carbonyl (C=O) groups is 2. The van der Waals surface area contributed by atoms with E-state index in [-0.39, 0.29) is 11.8 Å². The van der Waals surface area contributed by atoms with Gasteiger partial charge in [0.1, 0.15) is 11.8 Å². The first kappa shape index (κ1) is 20.0. The van der Waals surface area contributed by atoms with Crippen LogP contribution in [-0.4, -0.2) is 30.1 Å². The molecule has 5 heteroatoms. The van der Waals surface area contributed by atoms with Gasteiger partial charge in [-0.3, -0.25) is 4.79 Å². The van der Waals surface area contributed by atoms with Crippen LogP contribution < -0.4 is 10.1 Å². The Hall–Kier alpha value is -2.04.